The van der Waals surface area contributed by atoms with Crippen molar-refractivity contribution in [1.82, 2.24) is 33.8 Å². The Labute approximate surface area is 448 Å². The summed E-state index contributed by atoms with van der Waals surface area (Å²) in [4.78, 5) is 119. The summed E-state index contributed by atoms with van der Waals surface area (Å²) in [5, 5.41) is 13.9. The number of fused-ring (bicyclic) bond motifs is 4. The summed E-state index contributed by atoms with van der Waals surface area (Å²) in [5.41, 5.74) is 5.03. The predicted molar refractivity (Wildman–Crippen MR) is 284 cm³/mol. The molecular formula is C54H62N11O11P. The lowest BCUT2D eigenvalue weighted by atomic mass is 9.90. The van der Waals surface area contributed by atoms with Crippen LogP contribution in [0.5, 0.6) is 0 Å². The van der Waals surface area contributed by atoms with Gasteiger partial charge < -0.3 is 39.1 Å². The van der Waals surface area contributed by atoms with Gasteiger partial charge in [-0.1, -0.05) is 13.8 Å². The molecule has 0 saturated carbocycles. The number of hydrogen-bond acceptors (Lipinski definition) is 15. The van der Waals surface area contributed by atoms with Crippen molar-refractivity contribution >= 4 is 66.1 Å². The quantitative estimate of drug-likeness (QED) is 0.0997. The van der Waals surface area contributed by atoms with E-state index in [1.807, 2.05) is 12.1 Å². The Morgan fingerprint density at radius 3 is 2.35 bits per heavy atom. The van der Waals surface area contributed by atoms with Crippen LogP contribution in [0.4, 0.5) is 28.7 Å². The molecular weight excluding hydrogens is 1010 g/mol. The third-order valence-electron chi connectivity index (χ3n) is 16.0. The number of imide groups is 2. The van der Waals surface area contributed by atoms with Gasteiger partial charge in [-0.2, -0.15) is 0 Å². The maximum Gasteiger partial charge on any atom is 0.471 e. The molecule has 1 aliphatic carbocycles. The zero-order chi connectivity index (χ0) is 56.9. The van der Waals surface area contributed by atoms with Gasteiger partial charge >= 0.3 is 7.82 Å². The Morgan fingerprint density at radius 1 is 0.870 bits per heavy atom. The smallest absolute Gasteiger partial charge is 0.392 e. The summed E-state index contributed by atoms with van der Waals surface area (Å²) in [6.45, 7) is 8.83. The monoisotopic (exact) mass is 1070 g/mol. The molecule has 3 fully saturated rings. The fraction of sp³-hybridized carbons (Fsp3) is 0.444. The van der Waals surface area contributed by atoms with Crippen LogP contribution in [0.1, 0.15) is 106 Å². The highest BCUT2D eigenvalue weighted by Crippen LogP contribution is 2.42. The van der Waals surface area contributed by atoms with Crippen LogP contribution in [0.25, 0.3) is 11.1 Å². The predicted octanol–water partition coefficient (Wildman–Crippen LogP) is 4.41. The van der Waals surface area contributed by atoms with E-state index in [2.05, 4.69) is 59.8 Å². The van der Waals surface area contributed by atoms with Crippen molar-refractivity contribution in [2.24, 2.45) is 12.4 Å². The lowest BCUT2D eigenvalue weighted by molar-refractivity contribution is -0.161. The minimum atomic E-state index is -5.08. The Morgan fingerprint density at radius 2 is 1.64 bits per heavy atom. The van der Waals surface area contributed by atoms with E-state index >= 15 is 0 Å². The van der Waals surface area contributed by atoms with Crippen LogP contribution in [0.15, 0.2) is 71.9 Å². The maximum atomic E-state index is 14.1. The Kier molecular flexibility index (Phi) is 12.4. The number of hydrogen-bond donors (Lipinski definition) is 4. The van der Waals surface area contributed by atoms with Gasteiger partial charge in [0.2, 0.25) is 5.91 Å². The molecule has 5 aliphatic heterocycles. The van der Waals surface area contributed by atoms with Crippen LogP contribution >= 0.6 is 7.82 Å². The molecule has 1 aromatic carbocycles. The van der Waals surface area contributed by atoms with Crippen molar-refractivity contribution in [1.29, 1.82) is 0 Å². The maximum absolute atomic E-state index is 14.1. The molecule has 4 aromatic heterocycles. The van der Waals surface area contributed by atoms with Crippen molar-refractivity contribution in [3.05, 3.63) is 111 Å². The number of likely N-dealkylation sites (tertiary alicyclic amines) is 1. The minimum absolute atomic E-state index is 0.0588. The third kappa shape index (κ3) is 9.54. The second-order valence-corrected chi connectivity index (χ2v) is 22.8. The van der Waals surface area contributed by atoms with Crippen molar-refractivity contribution < 1.29 is 52.1 Å². The molecule has 3 saturated heterocycles. The molecule has 404 valence electrons. The van der Waals surface area contributed by atoms with E-state index in [4.69, 9.17) is 4.11 Å². The van der Waals surface area contributed by atoms with Crippen molar-refractivity contribution in [3.8, 4) is 11.1 Å². The van der Waals surface area contributed by atoms with Crippen LogP contribution < -0.4 is 25.6 Å². The van der Waals surface area contributed by atoms with E-state index in [0.717, 1.165) is 62.0 Å². The molecule has 0 bridgehead atoms. The van der Waals surface area contributed by atoms with Gasteiger partial charge in [-0.3, -0.25) is 52.9 Å². The highest BCUT2D eigenvalue weighted by Gasteiger charge is 2.49. The number of piperazine rings is 1. The number of nitrogens with one attached hydrogen (secondary N) is 1. The normalized spacial score (nSPS) is 22.2. The molecule has 6 aliphatic rings. The third-order valence-corrected chi connectivity index (χ3v) is 16.6. The first-order valence-corrected chi connectivity index (χ1v) is 27.4. The molecule has 9 heterocycles. The first-order chi connectivity index (χ1) is 37.9. The second kappa shape index (κ2) is 19.7. The molecule has 11 rings (SSSR count). The van der Waals surface area contributed by atoms with Gasteiger partial charge in [0.1, 0.15) is 35.3 Å². The number of nitrogens with zero attached hydrogens (tertiary/aromatic N) is 10. The Balaban J connectivity index is 0.726. The average Bonchev–Trinajstić information content (AvgIpc) is 4.22. The zero-order valence-corrected chi connectivity index (χ0v) is 44.0. The van der Waals surface area contributed by atoms with Gasteiger partial charge in [-0.25, -0.2) is 14.5 Å². The van der Waals surface area contributed by atoms with Crippen LogP contribution in [0.2, 0.25) is 0 Å². The standard InChI is InChI=1S/C54H62N11O11P/c1-31-28-60(35-13-16-59(17-14-35)36-6-8-39-40(24-36)50(69)65(49(39)68)43-9-11-47(67)64(53(43)72)32(2)76-77(73,74)75)18-19-61(31)37-7-10-46(56-27-37)57-42-22-34(29-58(5)51(42)70)38-12-15-55-48(41(38)30-66)63-21-20-62-44(52(63)71)23-33-25-54(3,4)26-45(33)62/h6-8,10,12,15,22-24,27,29,31-32,35,43,66H,9,11,13-14,16-21,25-26,28,30H2,1-5H3,(H,56,57)(H2,73,74,75)/t31-,32?,43?/m0/s1/i5D3. The SMILES string of the molecule is [2H]C([2H])([2H])n1cc(-c2ccnc(N3CCn4c(cc5c4CC(C)(C)C5)C3=O)c2CO)cc(Nc2ccc(N3CCN(C4CCN(c5ccc6c(c5)C(=O)N(C5CCC(=O)N(C(C)OP(=O)(O)O)C5=O)C6=O)CC4)C[C@@H]3C)cn2)c1=O. The summed E-state index contributed by atoms with van der Waals surface area (Å²) in [7, 11) is -5.08. The molecule has 77 heavy (non-hydrogen) atoms. The lowest BCUT2D eigenvalue weighted by Gasteiger charge is -2.46. The highest BCUT2D eigenvalue weighted by molar-refractivity contribution is 7.46. The molecule has 23 heteroatoms. The molecule has 2 unspecified atom stereocenters. The molecule has 4 N–H and O–H groups in total. The number of aryl methyl sites for hydroxylation is 1. The number of amides is 5. The van der Waals surface area contributed by atoms with Crippen molar-refractivity contribution in [3.63, 3.8) is 0 Å². The number of piperidine rings is 2. The van der Waals surface area contributed by atoms with Gasteiger partial charge in [0, 0.05) is 110 Å². The van der Waals surface area contributed by atoms with E-state index < -0.39 is 62.9 Å². The van der Waals surface area contributed by atoms with Crippen molar-refractivity contribution in [2.75, 3.05) is 59.3 Å². The number of phosphoric ester groups is 1. The van der Waals surface area contributed by atoms with Gasteiger partial charge in [-0.15, -0.1) is 0 Å². The number of carbonyl (C=O) groups excluding carboxylic acids is 5. The molecule has 5 amide bonds. The van der Waals surface area contributed by atoms with Gasteiger partial charge in [0.25, 0.3) is 29.2 Å². The molecule has 0 spiro atoms. The summed E-state index contributed by atoms with van der Waals surface area (Å²) in [6, 6.07) is 12.7. The van der Waals surface area contributed by atoms with Crippen LogP contribution in [0, 0.1) is 5.41 Å². The summed E-state index contributed by atoms with van der Waals surface area (Å²) in [5.74, 6) is -2.77. The van der Waals surface area contributed by atoms with E-state index in [1.165, 1.54) is 29.7 Å². The molecule has 3 atom stereocenters. The van der Waals surface area contributed by atoms with Crippen molar-refractivity contribution in [2.45, 2.75) is 104 Å². The number of phosphoric acid groups is 1. The van der Waals surface area contributed by atoms with Crippen LogP contribution in [-0.2, 0) is 51.6 Å². The number of anilines is 5. The number of aliphatic hydroxyl groups is 1. The highest BCUT2D eigenvalue weighted by atomic mass is 31.2. The largest absolute Gasteiger partial charge is 0.471 e. The number of carbonyl (C=O) groups is 5. The number of aliphatic hydroxyl groups excluding tert-OH is 1. The fourth-order valence-corrected chi connectivity index (χ4v) is 12.9. The molecule has 22 nitrogen and oxygen atoms in total. The van der Waals surface area contributed by atoms with Crippen LogP contribution in [0.3, 0.4) is 0 Å². The van der Waals surface area contributed by atoms with Gasteiger partial charge in [0.15, 0.2) is 0 Å². The fourth-order valence-electron chi connectivity index (χ4n) is 12.4. The topological polar surface area (TPSA) is 257 Å². The second-order valence-electron chi connectivity index (χ2n) is 21.6. The number of aromatic nitrogens is 4. The number of benzene rings is 1. The number of rotatable bonds is 12. The van der Waals surface area contributed by atoms with Crippen LogP contribution in [-0.4, -0.2) is 142 Å². The average molecular weight is 1080 g/mol. The summed E-state index contributed by atoms with van der Waals surface area (Å²) >= 11 is 0. The van der Waals surface area contributed by atoms with Gasteiger partial charge in [0.05, 0.1) is 29.6 Å². The minimum Gasteiger partial charge on any atom is -0.392 e. The van der Waals surface area contributed by atoms with E-state index in [9.17, 15) is 48.2 Å². The van der Waals surface area contributed by atoms with E-state index in [1.54, 1.807) is 41.4 Å². The molecule has 5 aromatic rings. The number of pyridine rings is 3. The lowest BCUT2D eigenvalue weighted by Crippen LogP contribution is -2.58. The van der Waals surface area contributed by atoms with E-state index in [0.29, 0.717) is 70.4 Å². The van der Waals surface area contributed by atoms with E-state index in [-0.39, 0.29) is 58.9 Å². The summed E-state index contributed by atoms with van der Waals surface area (Å²) < 4.78 is 43.6. The zero-order valence-electron chi connectivity index (χ0n) is 46.1. The first-order valence-electron chi connectivity index (χ1n) is 27.4. The van der Waals surface area contributed by atoms with Gasteiger partial charge in [-0.05, 0) is 111 Å². The Hall–Kier alpha value is -7.07. The molecule has 0 radical (unpaired) electrons. The summed E-state index contributed by atoms with van der Waals surface area (Å²) in [6.07, 6.45) is 5.86. The Bertz CT molecular complexity index is 3480. The first kappa shape index (κ1) is 48.3.